The molecule has 0 saturated carbocycles. The SMILES string of the molecule is NC(=O)c1ccccc1Cn1c2ccccc2c2c(C(N)=O)cccc21. The van der Waals surface area contributed by atoms with Crippen LogP contribution in [-0.2, 0) is 6.54 Å². The topological polar surface area (TPSA) is 91.1 Å². The summed E-state index contributed by atoms with van der Waals surface area (Å²) in [5.41, 5.74) is 14.8. The largest absolute Gasteiger partial charge is 0.366 e. The van der Waals surface area contributed by atoms with Gasteiger partial charge in [0.15, 0.2) is 0 Å². The first kappa shape index (κ1) is 15.9. The first-order valence-electron chi connectivity index (χ1n) is 8.25. The van der Waals surface area contributed by atoms with E-state index in [2.05, 4.69) is 4.57 Å². The second-order valence-electron chi connectivity index (χ2n) is 6.19. The van der Waals surface area contributed by atoms with Gasteiger partial charge in [-0.2, -0.15) is 0 Å². The van der Waals surface area contributed by atoms with Crippen molar-refractivity contribution in [1.29, 1.82) is 0 Å². The molecule has 4 rings (SSSR count). The van der Waals surface area contributed by atoms with Gasteiger partial charge < -0.3 is 16.0 Å². The highest BCUT2D eigenvalue weighted by molar-refractivity contribution is 6.17. The van der Waals surface area contributed by atoms with Crippen LogP contribution >= 0.6 is 0 Å². The average Bonchev–Trinajstić information content (AvgIpc) is 2.96. The molecule has 1 heterocycles. The van der Waals surface area contributed by atoms with Gasteiger partial charge in [-0.25, -0.2) is 0 Å². The van der Waals surface area contributed by atoms with Crippen molar-refractivity contribution in [2.24, 2.45) is 11.5 Å². The van der Waals surface area contributed by atoms with Crippen LogP contribution in [0.5, 0.6) is 0 Å². The Morgan fingerprint density at radius 2 is 1.35 bits per heavy atom. The maximum absolute atomic E-state index is 11.9. The summed E-state index contributed by atoms with van der Waals surface area (Å²) in [7, 11) is 0. The number of hydrogen-bond acceptors (Lipinski definition) is 2. The lowest BCUT2D eigenvalue weighted by Gasteiger charge is -2.11. The van der Waals surface area contributed by atoms with E-state index in [1.807, 2.05) is 48.5 Å². The number of amides is 2. The Morgan fingerprint density at radius 3 is 2.12 bits per heavy atom. The Balaban J connectivity index is 2.03. The van der Waals surface area contributed by atoms with Crippen LogP contribution in [0.4, 0.5) is 0 Å². The van der Waals surface area contributed by atoms with Crippen molar-refractivity contribution in [3.05, 3.63) is 83.4 Å². The number of fused-ring (bicyclic) bond motifs is 3. The molecule has 0 aliphatic heterocycles. The van der Waals surface area contributed by atoms with Gasteiger partial charge in [-0.1, -0.05) is 42.5 Å². The fourth-order valence-electron chi connectivity index (χ4n) is 3.54. The van der Waals surface area contributed by atoms with E-state index in [9.17, 15) is 9.59 Å². The Kier molecular flexibility index (Phi) is 3.69. The number of carbonyl (C=O) groups excluding carboxylic acids is 2. The van der Waals surface area contributed by atoms with Gasteiger partial charge in [-0.3, -0.25) is 9.59 Å². The van der Waals surface area contributed by atoms with Crippen molar-refractivity contribution in [3.63, 3.8) is 0 Å². The van der Waals surface area contributed by atoms with Gasteiger partial charge in [0.25, 0.3) is 0 Å². The van der Waals surface area contributed by atoms with Gasteiger partial charge in [0.05, 0.1) is 5.52 Å². The number of para-hydroxylation sites is 1. The minimum Gasteiger partial charge on any atom is -0.366 e. The standard InChI is InChI=1S/C21H17N3O2/c22-20(25)14-7-2-1-6-13(14)12-24-17-10-4-3-8-15(17)19-16(21(23)26)9-5-11-18(19)24/h1-11H,12H2,(H2,22,25)(H2,23,26). The molecule has 0 radical (unpaired) electrons. The normalized spacial score (nSPS) is 11.1. The molecule has 2 amide bonds. The quantitative estimate of drug-likeness (QED) is 0.596. The monoisotopic (exact) mass is 343 g/mol. The fraction of sp³-hybridized carbons (Fsp3) is 0.0476. The van der Waals surface area contributed by atoms with Gasteiger partial charge in [0.2, 0.25) is 11.8 Å². The molecule has 0 unspecified atom stereocenters. The van der Waals surface area contributed by atoms with Crippen molar-refractivity contribution in [3.8, 4) is 0 Å². The second-order valence-corrected chi connectivity index (χ2v) is 6.19. The molecule has 0 aliphatic rings. The van der Waals surface area contributed by atoms with Crippen molar-refractivity contribution >= 4 is 33.6 Å². The number of rotatable bonds is 4. The molecule has 128 valence electrons. The molecule has 3 aromatic carbocycles. The second kappa shape index (κ2) is 6.04. The summed E-state index contributed by atoms with van der Waals surface area (Å²) in [5, 5.41) is 1.78. The lowest BCUT2D eigenvalue weighted by atomic mass is 10.1. The van der Waals surface area contributed by atoms with Gasteiger partial charge in [0, 0.05) is 34.0 Å². The van der Waals surface area contributed by atoms with Crippen molar-refractivity contribution in [2.45, 2.75) is 6.54 Å². The molecule has 5 nitrogen and oxygen atoms in total. The van der Waals surface area contributed by atoms with E-state index in [-0.39, 0.29) is 0 Å². The van der Waals surface area contributed by atoms with Gasteiger partial charge in [-0.15, -0.1) is 0 Å². The van der Waals surface area contributed by atoms with E-state index in [0.29, 0.717) is 17.7 Å². The number of nitrogens with two attached hydrogens (primary N) is 2. The zero-order valence-electron chi connectivity index (χ0n) is 14.0. The van der Waals surface area contributed by atoms with E-state index in [1.165, 1.54) is 0 Å². The zero-order valence-corrected chi connectivity index (χ0v) is 14.0. The first-order chi connectivity index (χ1) is 12.6. The van der Waals surface area contributed by atoms with E-state index >= 15 is 0 Å². The van der Waals surface area contributed by atoms with Crippen molar-refractivity contribution in [2.75, 3.05) is 0 Å². The zero-order chi connectivity index (χ0) is 18.3. The van der Waals surface area contributed by atoms with E-state index in [0.717, 1.165) is 27.4 Å². The number of primary amides is 2. The first-order valence-corrected chi connectivity index (χ1v) is 8.25. The number of aromatic nitrogens is 1. The highest BCUT2D eigenvalue weighted by Crippen LogP contribution is 2.32. The Hall–Kier alpha value is -3.60. The molecule has 0 atom stereocenters. The molecule has 0 bridgehead atoms. The molecule has 0 fully saturated rings. The van der Waals surface area contributed by atoms with Crippen LogP contribution in [0.2, 0.25) is 0 Å². The molecule has 0 saturated heterocycles. The summed E-state index contributed by atoms with van der Waals surface area (Å²) in [4.78, 5) is 23.7. The molecular weight excluding hydrogens is 326 g/mol. The summed E-state index contributed by atoms with van der Waals surface area (Å²) >= 11 is 0. The van der Waals surface area contributed by atoms with Crippen LogP contribution in [0, 0.1) is 0 Å². The lowest BCUT2D eigenvalue weighted by molar-refractivity contribution is 0.0992. The molecule has 1 aromatic heterocycles. The summed E-state index contributed by atoms with van der Waals surface area (Å²) in [6, 6.07) is 20.6. The predicted octanol–water partition coefficient (Wildman–Crippen LogP) is 3.04. The number of benzene rings is 3. The summed E-state index contributed by atoms with van der Waals surface area (Å²) in [6.07, 6.45) is 0. The maximum atomic E-state index is 11.9. The van der Waals surface area contributed by atoms with Gasteiger partial charge in [0.1, 0.15) is 0 Å². The minimum atomic E-state index is -0.462. The number of hydrogen-bond donors (Lipinski definition) is 2. The lowest BCUT2D eigenvalue weighted by Crippen LogP contribution is -2.15. The van der Waals surface area contributed by atoms with Gasteiger partial charge >= 0.3 is 0 Å². The molecular formula is C21H17N3O2. The van der Waals surface area contributed by atoms with Crippen LogP contribution in [0.25, 0.3) is 21.8 Å². The Labute approximate surface area is 149 Å². The molecule has 4 aromatic rings. The van der Waals surface area contributed by atoms with E-state index in [1.54, 1.807) is 18.2 Å². The van der Waals surface area contributed by atoms with Crippen LogP contribution < -0.4 is 11.5 Å². The molecule has 0 spiro atoms. The molecule has 5 heteroatoms. The van der Waals surface area contributed by atoms with E-state index < -0.39 is 11.8 Å². The predicted molar refractivity (Wildman–Crippen MR) is 102 cm³/mol. The summed E-state index contributed by atoms with van der Waals surface area (Å²) in [6.45, 7) is 0.464. The van der Waals surface area contributed by atoms with Crippen molar-refractivity contribution in [1.82, 2.24) is 4.57 Å². The van der Waals surface area contributed by atoms with Crippen LogP contribution in [-0.4, -0.2) is 16.4 Å². The molecule has 0 aliphatic carbocycles. The third-order valence-corrected chi connectivity index (χ3v) is 4.67. The summed E-state index contributed by atoms with van der Waals surface area (Å²) in [5.74, 6) is -0.921. The smallest absolute Gasteiger partial charge is 0.249 e. The number of nitrogens with zero attached hydrogens (tertiary/aromatic N) is 1. The third kappa shape index (κ3) is 2.41. The van der Waals surface area contributed by atoms with E-state index in [4.69, 9.17) is 11.5 Å². The Morgan fingerprint density at radius 1 is 0.731 bits per heavy atom. The van der Waals surface area contributed by atoms with Crippen molar-refractivity contribution < 1.29 is 9.59 Å². The maximum Gasteiger partial charge on any atom is 0.249 e. The van der Waals surface area contributed by atoms with Crippen LogP contribution in [0.1, 0.15) is 26.3 Å². The molecule has 26 heavy (non-hydrogen) atoms. The molecule has 4 N–H and O–H groups in total. The third-order valence-electron chi connectivity index (χ3n) is 4.67. The minimum absolute atomic E-state index is 0.459. The fourth-order valence-corrected chi connectivity index (χ4v) is 3.54. The van der Waals surface area contributed by atoms with Crippen LogP contribution in [0.15, 0.2) is 66.7 Å². The highest BCUT2D eigenvalue weighted by atomic mass is 16.1. The van der Waals surface area contributed by atoms with Gasteiger partial charge in [-0.05, 0) is 29.8 Å². The van der Waals surface area contributed by atoms with Crippen LogP contribution in [0.3, 0.4) is 0 Å². The average molecular weight is 343 g/mol. The highest BCUT2D eigenvalue weighted by Gasteiger charge is 2.17. The summed E-state index contributed by atoms with van der Waals surface area (Å²) < 4.78 is 2.08. The number of carbonyl (C=O) groups is 2. The Bertz CT molecular complexity index is 1170.